The number of hydrogen-bond acceptors (Lipinski definition) is 5. The summed E-state index contributed by atoms with van der Waals surface area (Å²) in [5.74, 6) is 0.713. The van der Waals surface area contributed by atoms with E-state index in [-0.39, 0.29) is 6.54 Å². The van der Waals surface area contributed by atoms with Crippen molar-refractivity contribution < 1.29 is 8.42 Å². The fourth-order valence-corrected chi connectivity index (χ4v) is 4.49. The molecule has 0 aliphatic carbocycles. The van der Waals surface area contributed by atoms with Gasteiger partial charge in [0.1, 0.15) is 10.0 Å². The second-order valence-corrected chi connectivity index (χ2v) is 8.16. The molecule has 2 heterocycles. The van der Waals surface area contributed by atoms with E-state index in [4.69, 9.17) is 0 Å². The van der Waals surface area contributed by atoms with Gasteiger partial charge in [-0.3, -0.25) is 0 Å². The molecule has 1 N–H and O–H groups in total. The third kappa shape index (κ3) is 3.70. The number of rotatable bonds is 7. The van der Waals surface area contributed by atoms with Gasteiger partial charge in [-0.25, -0.2) is 13.4 Å². The lowest BCUT2D eigenvalue weighted by Gasteiger charge is -2.15. The molecule has 0 aliphatic rings. The number of nitrogens with one attached hydrogen (secondary N) is 1. The first kappa shape index (κ1) is 16.2. The highest BCUT2D eigenvalue weighted by atomic mass is 32.2. The van der Waals surface area contributed by atoms with E-state index < -0.39 is 10.0 Å². The van der Waals surface area contributed by atoms with Crippen LogP contribution in [-0.4, -0.2) is 35.9 Å². The van der Waals surface area contributed by atoms with Crippen molar-refractivity contribution in [3.8, 4) is 0 Å². The molecule has 0 saturated carbocycles. The fraction of sp³-hybridized carbons (Fsp3) is 0.462. The summed E-state index contributed by atoms with van der Waals surface area (Å²) in [4.78, 5) is 5.17. The minimum absolute atomic E-state index is 0.256. The van der Waals surface area contributed by atoms with Crippen LogP contribution in [0.5, 0.6) is 0 Å². The molecular formula is C13H20N4O2S2. The van der Waals surface area contributed by atoms with Gasteiger partial charge in [0, 0.05) is 37.9 Å². The predicted molar refractivity (Wildman–Crippen MR) is 83.6 cm³/mol. The lowest BCUT2D eigenvalue weighted by Crippen LogP contribution is -2.27. The molecule has 0 amide bonds. The second-order valence-electron chi connectivity index (χ2n) is 4.72. The number of aryl methyl sites for hydroxylation is 1. The third-order valence-corrected chi connectivity index (χ3v) is 6.49. The highest BCUT2D eigenvalue weighted by Gasteiger charge is 2.23. The maximum atomic E-state index is 12.5. The molecule has 2 aromatic heterocycles. The van der Waals surface area contributed by atoms with Gasteiger partial charge in [0.05, 0.1) is 6.54 Å². The molecule has 21 heavy (non-hydrogen) atoms. The molecule has 0 bridgehead atoms. The zero-order chi connectivity index (χ0) is 15.5. The highest BCUT2D eigenvalue weighted by molar-refractivity contribution is 7.91. The van der Waals surface area contributed by atoms with Crippen LogP contribution in [0.1, 0.15) is 17.6 Å². The summed E-state index contributed by atoms with van der Waals surface area (Å²) >= 11 is 1.31. The van der Waals surface area contributed by atoms with Crippen LogP contribution in [-0.2, 0) is 30.2 Å². The van der Waals surface area contributed by atoms with Crippen LogP contribution in [0.2, 0.25) is 0 Å². The fourth-order valence-electron chi connectivity index (χ4n) is 1.83. The third-order valence-electron chi connectivity index (χ3n) is 3.14. The monoisotopic (exact) mass is 328 g/mol. The van der Waals surface area contributed by atoms with Crippen molar-refractivity contribution in [1.82, 2.24) is 19.2 Å². The summed E-state index contributed by atoms with van der Waals surface area (Å²) in [6.07, 6.45) is 3.46. The highest BCUT2D eigenvalue weighted by Crippen LogP contribution is 2.25. The molecule has 0 radical (unpaired) electrons. The van der Waals surface area contributed by atoms with Gasteiger partial charge in [-0.1, -0.05) is 6.92 Å². The van der Waals surface area contributed by atoms with Gasteiger partial charge in [0.25, 0.3) is 10.0 Å². The smallest absolute Gasteiger partial charge is 0.252 e. The summed E-state index contributed by atoms with van der Waals surface area (Å²) in [6.45, 7) is 3.83. The SMILES string of the molecule is CCNCc1ccc(S(=O)(=O)N(C)Cc2nccn2C)s1. The Balaban J connectivity index is 2.13. The Bertz CT molecular complexity index is 691. The standard InChI is InChI=1S/C13H20N4O2S2/c1-4-14-9-11-5-6-13(20-11)21(18,19)17(3)10-12-15-7-8-16(12)2/h5-8,14H,4,9-10H2,1-3H3. The topological polar surface area (TPSA) is 67.2 Å². The Hall–Kier alpha value is -1.22. The molecule has 0 aromatic carbocycles. The zero-order valence-corrected chi connectivity index (χ0v) is 14.0. The van der Waals surface area contributed by atoms with Crippen LogP contribution in [0.15, 0.2) is 28.7 Å². The van der Waals surface area contributed by atoms with E-state index in [2.05, 4.69) is 10.3 Å². The molecule has 0 fully saturated rings. The Kier molecular flexibility index (Phi) is 5.15. The molecule has 8 heteroatoms. The van der Waals surface area contributed by atoms with E-state index in [1.54, 1.807) is 25.5 Å². The van der Waals surface area contributed by atoms with Gasteiger partial charge < -0.3 is 9.88 Å². The molecule has 0 unspecified atom stereocenters. The number of hydrogen-bond donors (Lipinski definition) is 1. The first-order valence-corrected chi connectivity index (χ1v) is 8.92. The molecule has 0 saturated heterocycles. The summed E-state index contributed by atoms with van der Waals surface area (Å²) in [7, 11) is -0.0385. The first-order chi connectivity index (χ1) is 9.95. The predicted octanol–water partition coefficient (Wildman–Crippen LogP) is 1.41. The zero-order valence-electron chi connectivity index (χ0n) is 12.4. The number of sulfonamides is 1. The summed E-state index contributed by atoms with van der Waals surface area (Å²) in [6, 6.07) is 3.52. The van der Waals surface area contributed by atoms with Crippen molar-refractivity contribution in [3.63, 3.8) is 0 Å². The quantitative estimate of drug-likeness (QED) is 0.834. The number of thiophene rings is 1. The van der Waals surface area contributed by atoms with Gasteiger partial charge in [-0.15, -0.1) is 11.3 Å². The summed E-state index contributed by atoms with van der Waals surface area (Å²) in [5.41, 5.74) is 0. The van der Waals surface area contributed by atoms with Crippen molar-refractivity contribution in [3.05, 3.63) is 35.2 Å². The van der Waals surface area contributed by atoms with E-state index in [1.165, 1.54) is 15.6 Å². The van der Waals surface area contributed by atoms with Crippen LogP contribution in [0, 0.1) is 0 Å². The maximum absolute atomic E-state index is 12.5. The molecule has 0 atom stereocenters. The van der Waals surface area contributed by atoms with Crippen LogP contribution < -0.4 is 5.32 Å². The minimum atomic E-state index is -3.47. The van der Waals surface area contributed by atoms with Crippen LogP contribution in [0.25, 0.3) is 0 Å². The molecule has 6 nitrogen and oxygen atoms in total. The molecule has 2 rings (SSSR count). The summed E-state index contributed by atoms with van der Waals surface area (Å²) < 4.78 is 28.6. The van der Waals surface area contributed by atoms with Gasteiger partial charge in [-0.2, -0.15) is 4.31 Å². The normalized spacial score (nSPS) is 12.2. The minimum Gasteiger partial charge on any atom is -0.337 e. The Morgan fingerprint density at radius 3 is 2.81 bits per heavy atom. The molecular weight excluding hydrogens is 308 g/mol. The van der Waals surface area contributed by atoms with Crippen molar-refractivity contribution >= 4 is 21.4 Å². The van der Waals surface area contributed by atoms with E-state index in [9.17, 15) is 8.42 Å². The van der Waals surface area contributed by atoms with Crippen LogP contribution in [0.3, 0.4) is 0 Å². The number of nitrogens with zero attached hydrogens (tertiary/aromatic N) is 3. The van der Waals surface area contributed by atoms with E-state index in [1.807, 2.05) is 24.6 Å². The van der Waals surface area contributed by atoms with Gasteiger partial charge >= 0.3 is 0 Å². The second kappa shape index (κ2) is 6.69. The molecule has 116 valence electrons. The Morgan fingerprint density at radius 1 is 1.43 bits per heavy atom. The summed E-state index contributed by atoms with van der Waals surface area (Å²) in [5, 5.41) is 3.19. The Labute approximate surface area is 129 Å². The maximum Gasteiger partial charge on any atom is 0.252 e. The number of aromatic nitrogens is 2. The number of imidazole rings is 1. The molecule has 0 aliphatic heterocycles. The van der Waals surface area contributed by atoms with Crippen molar-refractivity contribution in [2.75, 3.05) is 13.6 Å². The lowest BCUT2D eigenvalue weighted by molar-refractivity contribution is 0.453. The van der Waals surface area contributed by atoms with Crippen molar-refractivity contribution in [1.29, 1.82) is 0 Å². The van der Waals surface area contributed by atoms with Crippen LogP contribution >= 0.6 is 11.3 Å². The van der Waals surface area contributed by atoms with E-state index >= 15 is 0 Å². The van der Waals surface area contributed by atoms with E-state index in [0.29, 0.717) is 16.6 Å². The van der Waals surface area contributed by atoms with Gasteiger partial charge in [0.15, 0.2) is 0 Å². The first-order valence-electron chi connectivity index (χ1n) is 6.67. The molecule has 2 aromatic rings. The average Bonchev–Trinajstić information content (AvgIpc) is 3.06. The van der Waals surface area contributed by atoms with Gasteiger partial charge in [-0.05, 0) is 18.7 Å². The van der Waals surface area contributed by atoms with Crippen molar-refractivity contribution in [2.24, 2.45) is 7.05 Å². The molecule has 0 spiro atoms. The lowest BCUT2D eigenvalue weighted by atomic mass is 10.4. The van der Waals surface area contributed by atoms with Crippen molar-refractivity contribution in [2.45, 2.75) is 24.2 Å². The van der Waals surface area contributed by atoms with Crippen LogP contribution in [0.4, 0.5) is 0 Å². The average molecular weight is 328 g/mol. The van der Waals surface area contributed by atoms with Gasteiger partial charge in [0.2, 0.25) is 0 Å². The Morgan fingerprint density at radius 2 is 2.19 bits per heavy atom. The van der Waals surface area contributed by atoms with E-state index in [0.717, 1.165) is 11.4 Å². The largest absolute Gasteiger partial charge is 0.337 e.